The highest BCUT2D eigenvalue weighted by Crippen LogP contribution is 2.31. The average Bonchev–Trinajstić information content (AvgIpc) is 2.17. The van der Waals surface area contributed by atoms with Gasteiger partial charge in [0.25, 0.3) is 0 Å². The Hall–Kier alpha value is -0.170. The van der Waals surface area contributed by atoms with E-state index < -0.39 is 6.36 Å². The minimum absolute atomic E-state index is 0.110. The number of hydrogen-bond acceptors (Lipinski definition) is 1. The van der Waals surface area contributed by atoms with Crippen molar-refractivity contribution in [1.82, 2.24) is 0 Å². The third-order valence-corrected chi connectivity index (χ3v) is 2.96. The predicted octanol–water partition coefficient (Wildman–Crippen LogP) is 4.36. The normalized spacial score (nSPS) is 11.6. The molecule has 0 bridgehead atoms. The second kappa shape index (κ2) is 5.95. The van der Waals surface area contributed by atoms with Gasteiger partial charge in [-0.3, -0.25) is 0 Å². The smallest absolute Gasteiger partial charge is 0.404 e. The highest BCUT2D eigenvalue weighted by molar-refractivity contribution is 14.1. The monoisotopic (exact) mass is 364 g/mol. The van der Waals surface area contributed by atoms with Crippen molar-refractivity contribution >= 4 is 34.2 Å². The molecule has 0 saturated carbocycles. The molecule has 0 aliphatic heterocycles. The van der Waals surface area contributed by atoms with Crippen LogP contribution in [0.3, 0.4) is 0 Å². The van der Waals surface area contributed by atoms with Crippen LogP contribution >= 0.6 is 34.2 Å². The second-order valence-electron chi connectivity index (χ2n) is 3.07. The molecule has 0 radical (unpaired) electrons. The third kappa shape index (κ3) is 4.37. The summed E-state index contributed by atoms with van der Waals surface area (Å²) in [5.41, 5.74) is 0.532. The molecule has 0 saturated heterocycles. The Morgan fingerprint density at radius 2 is 2.00 bits per heavy atom. The topological polar surface area (TPSA) is 9.23 Å². The maximum atomic E-state index is 12.2. The zero-order valence-corrected chi connectivity index (χ0v) is 11.1. The van der Waals surface area contributed by atoms with Gasteiger partial charge in [0, 0.05) is 5.88 Å². The molecule has 0 heterocycles. The van der Waals surface area contributed by atoms with Gasteiger partial charge in [-0.15, -0.1) is 24.8 Å². The van der Waals surface area contributed by atoms with Crippen molar-refractivity contribution in [3.63, 3.8) is 0 Å². The summed E-state index contributed by atoms with van der Waals surface area (Å²) in [6.45, 7) is 0. The standard InChI is InChI=1S/C10H9ClF3IO/c11-6-2-4-7-3-1-5-8(15)9(7)16-10(12,13)14/h1,3,5H,2,4,6H2. The molecule has 6 heteroatoms. The number of rotatable bonds is 4. The highest BCUT2D eigenvalue weighted by Gasteiger charge is 2.32. The van der Waals surface area contributed by atoms with E-state index in [9.17, 15) is 13.2 Å². The van der Waals surface area contributed by atoms with Crippen LogP contribution < -0.4 is 4.74 Å². The first kappa shape index (κ1) is 13.9. The summed E-state index contributed by atoms with van der Waals surface area (Å²) in [4.78, 5) is 0. The van der Waals surface area contributed by atoms with Crippen molar-refractivity contribution in [2.75, 3.05) is 5.88 Å². The molecule has 0 spiro atoms. The molecule has 1 rings (SSSR count). The molecule has 1 aromatic rings. The van der Waals surface area contributed by atoms with Crippen molar-refractivity contribution in [2.24, 2.45) is 0 Å². The Bertz CT molecular complexity index is 354. The Morgan fingerprint density at radius 3 is 2.56 bits per heavy atom. The van der Waals surface area contributed by atoms with Crippen LogP contribution in [-0.4, -0.2) is 12.2 Å². The molecule has 0 unspecified atom stereocenters. The number of benzene rings is 1. The van der Waals surface area contributed by atoms with Crippen molar-refractivity contribution in [3.8, 4) is 5.75 Å². The van der Waals surface area contributed by atoms with Crippen molar-refractivity contribution in [2.45, 2.75) is 19.2 Å². The fourth-order valence-corrected chi connectivity index (χ4v) is 2.04. The number of aryl methyl sites for hydroxylation is 1. The third-order valence-electron chi connectivity index (χ3n) is 1.85. The Labute approximate surface area is 110 Å². The molecular weight excluding hydrogens is 355 g/mol. The van der Waals surface area contributed by atoms with Crippen molar-refractivity contribution in [1.29, 1.82) is 0 Å². The van der Waals surface area contributed by atoms with Gasteiger partial charge in [0.15, 0.2) is 0 Å². The van der Waals surface area contributed by atoms with E-state index in [1.54, 1.807) is 18.2 Å². The van der Waals surface area contributed by atoms with E-state index in [0.717, 1.165) is 0 Å². The van der Waals surface area contributed by atoms with E-state index in [-0.39, 0.29) is 5.75 Å². The maximum Gasteiger partial charge on any atom is 0.573 e. The van der Waals surface area contributed by atoms with E-state index >= 15 is 0 Å². The van der Waals surface area contributed by atoms with Crippen LogP contribution in [0.4, 0.5) is 13.2 Å². The number of ether oxygens (including phenoxy) is 1. The van der Waals surface area contributed by atoms with Gasteiger partial charge in [-0.1, -0.05) is 12.1 Å². The predicted molar refractivity (Wildman–Crippen MR) is 64.9 cm³/mol. The van der Waals surface area contributed by atoms with Gasteiger partial charge in [0.2, 0.25) is 0 Å². The minimum Gasteiger partial charge on any atom is -0.404 e. The van der Waals surface area contributed by atoms with Crippen LogP contribution in [-0.2, 0) is 6.42 Å². The zero-order valence-electron chi connectivity index (χ0n) is 8.15. The lowest BCUT2D eigenvalue weighted by atomic mass is 10.1. The summed E-state index contributed by atoms with van der Waals surface area (Å²) < 4.78 is 41.0. The number of para-hydroxylation sites is 1. The molecule has 16 heavy (non-hydrogen) atoms. The molecule has 1 aromatic carbocycles. The van der Waals surface area contributed by atoms with Crippen molar-refractivity contribution < 1.29 is 17.9 Å². The largest absolute Gasteiger partial charge is 0.573 e. The molecule has 90 valence electrons. The molecular formula is C10H9ClF3IO. The van der Waals surface area contributed by atoms with Crippen LogP contribution in [0.5, 0.6) is 5.75 Å². The SMILES string of the molecule is FC(F)(F)Oc1c(I)cccc1CCCCl. The van der Waals surface area contributed by atoms with Crippen LogP contribution in [0.25, 0.3) is 0 Å². The first-order valence-corrected chi connectivity index (χ1v) is 6.14. The summed E-state index contributed by atoms with van der Waals surface area (Å²) in [6, 6.07) is 4.90. The minimum atomic E-state index is -4.66. The number of hydrogen-bond donors (Lipinski definition) is 0. The average molecular weight is 365 g/mol. The van der Waals surface area contributed by atoms with E-state index in [0.29, 0.717) is 27.9 Å². The number of alkyl halides is 4. The van der Waals surface area contributed by atoms with Crippen molar-refractivity contribution in [3.05, 3.63) is 27.3 Å². The molecule has 0 fully saturated rings. The summed E-state index contributed by atoms with van der Waals surface area (Å²) in [6.07, 6.45) is -3.56. The molecule has 0 aliphatic rings. The first-order valence-electron chi connectivity index (χ1n) is 4.53. The Morgan fingerprint density at radius 1 is 1.31 bits per heavy atom. The highest BCUT2D eigenvalue weighted by atomic mass is 127. The van der Waals surface area contributed by atoms with Gasteiger partial charge in [-0.2, -0.15) is 0 Å². The lowest BCUT2D eigenvalue weighted by Gasteiger charge is -2.14. The van der Waals surface area contributed by atoms with Crippen LogP contribution in [0.1, 0.15) is 12.0 Å². The van der Waals surface area contributed by atoms with Crippen LogP contribution in [0, 0.1) is 3.57 Å². The van der Waals surface area contributed by atoms with Crippen LogP contribution in [0.15, 0.2) is 18.2 Å². The molecule has 0 aliphatic carbocycles. The summed E-state index contributed by atoms with van der Waals surface area (Å²) in [7, 11) is 0. The van der Waals surface area contributed by atoms with E-state index in [2.05, 4.69) is 4.74 Å². The van der Waals surface area contributed by atoms with Gasteiger partial charge in [-0.25, -0.2) is 0 Å². The van der Waals surface area contributed by atoms with Gasteiger partial charge in [0.05, 0.1) is 3.57 Å². The fourth-order valence-electron chi connectivity index (χ4n) is 1.24. The van der Waals surface area contributed by atoms with Gasteiger partial charge >= 0.3 is 6.36 Å². The Balaban J connectivity index is 2.94. The summed E-state index contributed by atoms with van der Waals surface area (Å²) in [5.74, 6) is 0.303. The van der Waals surface area contributed by atoms with E-state index in [1.807, 2.05) is 22.6 Å². The summed E-state index contributed by atoms with van der Waals surface area (Å²) >= 11 is 7.33. The summed E-state index contributed by atoms with van der Waals surface area (Å²) in [5, 5.41) is 0. The maximum absolute atomic E-state index is 12.2. The van der Waals surface area contributed by atoms with E-state index in [4.69, 9.17) is 11.6 Å². The lowest BCUT2D eigenvalue weighted by molar-refractivity contribution is -0.275. The lowest BCUT2D eigenvalue weighted by Crippen LogP contribution is -2.19. The number of halogens is 5. The van der Waals surface area contributed by atoms with E-state index in [1.165, 1.54) is 0 Å². The first-order chi connectivity index (χ1) is 7.44. The molecule has 1 nitrogen and oxygen atoms in total. The quantitative estimate of drug-likeness (QED) is 0.570. The van der Waals surface area contributed by atoms with Gasteiger partial charge in [0.1, 0.15) is 5.75 Å². The molecule has 0 aromatic heterocycles. The Kier molecular flexibility index (Phi) is 5.17. The second-order valence-corrected chi connectivity index (χ2v) is 4.61. The molecule has 0 atom stereocenters. The van der Waals surface area contributed by atoms with Gasteiger partial charge < -0.3 is 4.74 Å². The fraction of sp³-hybridized carbons (Fsp3) is 0.400. The van der Waals surface area contributed by atoms with Crippen LogP contribution in [0.2, 0.25) is 0 Å². The van der Waals surface area contributed by atoms with Gasteiger partial charge in [-0.05, 0) is 47.1 Å². The molecule has 0 N–H and O–H groups in total. The zero-order chi connectivity index (χ0) is 12.2. The molecule has 0 amide bonds.